The molecule has 1 atom stereocenters. The summed E-state index contributed by atoms with van der Waals surface area (Å²) in [6.07, 6.45) is 3.72. The Morgan fingerprint density at radius 1 is 1.44 bits per heavy atom. The maximum Gasteiger partial charge on any atom is 0.290 e. The van der Waals surface area contributed by atoms with E-state index < -0.39 is 0 Å². The quantitative estimate of drug-likeness (QED) is 0.518. The van der Waals surface area contributed by atoms with Crippen LogP contribution in [0.3, 0.4) is 0 Å². The standard InChI is InChI=1S/C17H21ClN4O2S/c18-13-4-1-3-11(9-14-16(23)21-17(24)25-14)15(13)22-8-5-12(10-22)20-7-2-6-19/h1,3-4,9,12,20H,2,5-8,10,19H2,(H,21,23,24)/b14-9-/t12-/m0/s1. The van der Waals surface area contributed by atoms with Gasteiger partial charge in [0.15, 0.2) is 0 Å². The molecule has 0 saturated carbocycles. The van der Waals surface area contributed by atoms with Gasteiger partial charge < -0.3 is 16.0 Å². The lowest BCUT2D eigenvalue weighted by Gasteiger charge is -2.23. The molecule has 1 aromatic carbocycles. The van der Waals surface area contributed by atoms with Gasteiger partial charge >= 0.3 is 0 Å². The number of anilines is 1. The van der Waals surface area contributed by atoms with Gasteiger partial charge in [0, 0.05) is 24.7 Å². The fraction of sp³-hybridized carbons (Fsp3) is 0.412. The number of hydrogen-bond acceptors (Lipinski definition) is 6. The maximum absolute atomic E-state index is 11.8. The molecular weight excluding hydrogens is 360 g/mol. The van der Waals surface area contributed by atoms with E-state index in [1.165, 1.54) is 0 Å². The number of para-hydroxylation sites is 1. The summed E-state index contributed by atoms with van der Waals surface area (Å²) in [5.41, 5.74) is 7.30. The van der Waals surface area contributed by atoms with Crippen molar-refractivity contribution in [3.8, 4) is 0 Å². The van der Waals surface area contributed by atoms with Crippen LogP contribution in [0.4, 0.5) is 10.5 Å². The first-order valence-corrected chi connectivity index (χ1v) is 9.49. The minimum atomic E-state index is -0.358. The Bertz CT molecular complexity index is 710. The van der Waals surface area contributed by atoms with Gasteiger partial charge in [-0.1, -0.05) is 23.7 Å². The number of halogens is 1. The Hall–Kier alpha value is -1.54. The molecule has 3 rings (SSSR count). The fourth-order valence-corrected chi connectivity index (χ4v) is 4.06. The minimum absolute atomic E-state index is 0.342. The summed E-state index contributed by atoms with van der Waals surface area (Å²) in [6, 6.07) is 6.01. The highest BCUT2D eigenvalue weighted by molar-refractivity contribution is 8.18. The molecule has 0 radical (unpaired) electrons. The predicted octanol–water partition coefficient (Wildman–Crippen LogP) is 2.18. The van der Waals surface area contributed by atoms with Gasteiger partial charge in [0.1, 0.15) is 0 Å². The third-order valence-electron chi connectivity index (χ3n) is 4.27. The number of benzene rings is 1. The number of carbonyl (C=O) groups excluding carboxylic acids is 2. The van der Waals surface area contributed by atoms with E-state index in [1.807, 2.05) is 18.2 Å². The van der Waals surface area contributed by atoms with Gasteiger partial charge in [0.05, 0.1) is 15.6 Å². The SMILES string of the molecule is NCCCN[C@H]1CCN(c2c(Cl)cccc2/C=C2\SC(=O)NC2=O)C1. The molecule has 4 N–H and O–H groups in total. The van der Waals surface area contributed by atoms with Crippen molar-refractivity contribution in [2.45, 2.75) is 18.9 Å². The molecule has 2 fully saturated rings. The number of nitrogens with two attached hydrogens (primary N) is 1. The first kappa shape index (κ1) is 18.3. The Morgan fingerprint density at radius 3 is 3.00 bits per heavy atom. The average molecular weight is 381 g/mol. The molecule has 2 amide bonds. The molecule has 0 aromatic heterocycles. The summed E-state index contributed by atoms with van der Waals surface area (Å²) < 4.78 is 0. The molecule has 2 saturated heterocycles. The van der Waals surface area contributed by atoms with Gasteiger partial charge in [0.2, 0.25) is 0 Å². The second-order valence-corrected chi connectivity index (χ2v) is 7.48. The number of hydrogen-bond donors (Lipinski definition) is 3. The van der Waals surface area contributed by atoms with Gasteiger partial charge in [-0.15, -0.1) is 0 Å². The smallest absolute Gasteiger partial charge is 0.290 e. The van der Waals surface area contributed by atoms with Gasteiger partial charge in [-0.25, -0.2) is 0 Å². The summed E-state index contributed by atoms with van der Waals surface area (Å²) in [5, 5.41) is 6.09. The van der Waals surface area contributed by atoms with Crippen LogP contribution < -0.4 is 21.3 Å². The number of nitrogens with one attached hydrogen (secondary N) is 2. The van der Waals surface area contributed by atoms with E-state index in [1.54, 1.807) is 6.08 Å². The zero-order chi connectivity index (χ0) is 17.8. The van der Waals surface area contributed by atoms with Crippen LogP contribution in [0.15, 0.2) is 23.1 Å². The van der Waals surface area contributed by atoms with Crippen LogP contribution >= 0.6 is 23.4 Å². The summed E-state index contributed by atoms with van der Waals surface area (Å²) in [6.45, 7) is 3.33. The second kappa shape index (κ2) is 8.23. The lowest BCUT2D eigenvalue weighted by atomic mass is 10.1. The number of thioether (sulfide) groups is 1. The van der Waals surface area contributed by atoms with E-state index in [-0.39, 0.29) is 11.1 Å². The van der Waals surface area contributed by atoms with Crippen molar-refractivity contribution < 1.29 is 9.59 Å². The highest BCUT2D eigenvalue weighted by Gasteiger charge is 2.28. The lowest BCUT2D eigenvalue weighted by Crippen LogP contribution is -2.34. The Balaban J connectivity index is 1.79. The van der Waals surface area contributed by atoms with Crippen LogP contribution in [-0.2, 0) is 4.79 Å². The van der Waals surface area contributed by atoms with E-state index in [0.29, 0.717) is 22.5 Å². The molecule has 2 aliphatic rings. The van der Waals surface area contributed by atoms with Crippen LogP contribution in [0.2, 0.25) is 5.02 Å². The number of carbonyl (C=O) groups is 2. The third-order valence-corrected chi connectivity index (χ3v) is 5.38. The van der Waals surface area contributed by atoms with Crippen molar-refractivity contribution in [2.75, 3.05) is 31.1 Å². The predicted molar refractivity (Wildman–Crippen MR) is 103 cm³/mol. The Morgan fingerprint density at radius 2 is 2.28 bits per heavy atom. The number of rotatable bonds is 6. The second-order valence-electron chi connectivity index (χ2n) is 6.06. The van der Waals surface area contributed by atoms with E-state index in [2.05, 4.69) is 15.5 Å². The van der Waals surface area contributed by atoms with Crippen LogP contribution in [0.25, 0.3) is 6.08 Å². The van der Waals surface area contributed by atoms with Gasteiger partial charge in [-0.05, 0) is 49.8 Å². The number of nitrogens with zero attached hydrogens (tertiary/aromatic N) is 1. The first-order chi connectivity index (χ1) is 12.1. The van der Waals surface area contributed by atoms with E-state index in [9.17, 15) is 9.59 Å². The van der Waals surface area contributed by atoms with E-state index in [4.69, 9.17) is 17.3 Å². The maximum atomic E-state index is 11.8. The Kier molecular flexibility index (Phi) is 6.01. The highest BCUT2D eigenvalue weighted by atomic mass is 35.5. The van der Waals surface area contributed by atoms with Crippen LogP contribution in [-0.4, -0.2) is 43.4 Å². The first-order valence-electron chi connectivity index (χ1n) is 8.30. The molecule has 0 aliphatic carbocycles. The van der Waals surface area contributed by atoms with Crippen molar-refractivity contribution >= 4 is 46.3 Å². The molecule has 6 nitrogen and oxygen atoms in total. The zero-order valence-electron chi connectivity index (χ0n) is 13.8. The van der Waals surface area contributed by atoms with Crippen LogP contribution in [0.1, 0.15) is 18.4 Å². The molecule has 8 heteroatoms. The monoisotopic (exact) mass is 380 g/mol. The number of amides is 2. The van der Waals surface area contributed by atoms with Gasteiger partial charge in [-0.2, -0.15) is 0 Å². The normalized spacial score (nSPS) is 22.1. The van der Waals surface area contributed by atoms with E-state index in [0.717, 1.165) is 55.5 Å². The average Bonchev–Trinajstić information content (AvgIpc) is 3.15. The molecule has 1 aromatic rings. The van der Waals surface area contributed by atoms with Crippen molar-refractivity contribution in [1.29, 1.82) is 0 Å². The molecular formula is C17H21ClN4O2S. The minimum Gasteiger partial charge on any atom is -0.368 e. The molecule has 0 spiro atoms. The lowest BCUT2D eigenvalue weighted by molar-refractivity contribution is -0.115. The molecule has 25 heavy (non-hydrogen) atoms. The fourth-order valence-electron chi connectivity index (χ4n) is 3.08. The largest absolute Gasteiger partial charge is 0.368 e. The Labute approximate surface area is 156 Å². The molecule has 134 valence electrons. The van der Waals surface area contributed by atoms with Gasteiger partial charge in [-0.3, -0.25) is 14.9 Å². The van der Waals surface area contributed by atoms with Crippen molar-refractivity contribution in [1.82, 2.24) is 10.6 Å². The summed E-state index contributed by atoms with van der Waals surface area (Å²) in [5.74, 6) is -0.358. The van der Waals surface area contributed by atoms with Crippen molar-refractivity contribution in [3.05, 3.63) is 33.7 Å². The van der Waals surface area contributed by atoms with Crippen LogP contribution in [0, 0.1) is 0 Å². The summed E-state index contributed by atoms with van der Waals surface area (Å²) >= 11 is 7.37. The number of imide groups is 1. The van der Waals surface area contributed by atoms with Crippen molar-refractivity contribution in [2.24, 2.45) is 5.73 Å². The summed E-state index contributed by atoms with van der Waals surface area (Å²) in [7, 11) is 0. The molecule has 0 bridgehead atoms. The topological polar surface area (TPSA) is 87.5 Å². The molecule has 0 unspecified atom stereocenters. The summed E-state index contributed by atoms with van der Waals surface area (Å²) in [4.78, 5) is 25.8. The third kappa shape index (κ3) is 4.36. The highest BCUT2D eigenvalue weighted by Crippen LogP contribution is 2.35. The van der Waals surface area contributed by atoms with E-state index >= 15 is 0 Å². The molecule has 2 aliphatic heterocycles. The van der Waals surface area contributed by atoms with Crippen LogP contribution in [0.5, 0.6) is 0 Å². The molecule has 2 heterocycles. The van der Waals surface area contributed by atoms with Gasteiger partial charge in [0.25, 0.3) is 11.1 Å². The zero-order valence-corrected chi connectivity index (χ0v) is 15.3. The van der Waals surface area contributed by atoms with Crippen molar-refractivity contribution in [3.63, 3.8) is 0 Å².